The van der Waals surface area contributed by atoms with Crippen LogP contribution in [0.15, 0.2) is 0 Å². The van der Waals surface area contributed by atoms with Gasteiger partial charge in [0.1, 0.15) is 0 Å². The fourth-order valence-electron chi connectivity index (χ4n) is 2.34. The van der Waals surface area contributed by atoms with Crippen LogP contribution in [0, 0.1) is 17.3 Å². The molecule has 0 aromatic rings. The van der Waals surface area contributed by atoms with Crippen molar-refractivity contribution >= 4 is 5.91 Å². The summed E-state index contributed by atoms with van der Waals surface area (Å²) in [5, 5.41) is 0. The second-order valence-corrected chi connectivity index (χ2v) is 5.74. The molecular formula is C12H24N2O. The molecule has 1 amide bonds. The van der Waals surface area contributed by atoms with Gasteiger partial charge in [0.05, 0.1) is 5.41 Å². The zero-order valence-electron chi connectivity index (χ0n) is 10.4. The normalized spacial score (nSPS) is 27.9. The summed E-state index contributed by atoms with van der Waals surface area (Å²) in [6, 6.07) is 0. The van der Waals surface area contributed by atoms with Gasteiger partial charge < -0.3 is 10.6 Å². The Morgan fingerprint density at radius 1 is 1.33 bits per heavy atom. The molecule has 1 aliphatic heterocycles. The van der Waals surface area contributed by atoms with Crippen LogP contribution in [0.5, 0.6) is 0 Å². The van der Waals surface area contributed by atoms with Gasteiger partial charge in [0.15, 0.2) is 0 Å². The van der Waals surface area contributed by atoms with Gasteiger partial charge in [-0.05, 0) is 32.1 Å². The Balaban J connectivity index is 2.67. The van der Waals surface area contributed by atoms with Crippen molar-refractivity contribution in [2.75, 3.05) is 19.6 Å². The third kappa shape index (κ3) is 2.94. The molecule has 88 valence electrons. The van der Waals surface area contributed by atoms with Crippen molar-refractivity contribution in [3.8, 4) is 0 Å². The number of likely N-dealkylation sites (tertiary alicyclic amines) is 1. The number of amides is 1. The second kappa shape index (κ2) is 4.52. The van der Waals surface area contributed by atoms with E-state index >= 15 is 0 Å². The summed E-state index contributed by atoms with van der Waals surface area (Å²) >= 11 is 0. The highest BCUT2D eigenvalue weighted by molar-refractivity contribution is 5.82. The molecule has 1 rings (SSSR count). The second-order valence-electron chi connectivity index (χ2n) is 5.74. The van der Waals surface area contributed by atoms with E-state index in [1.54, 1.807) is 0 Å². The predicted octanol–water partition coefficient (Wildman–Crippen LogP) is 1.48. The lowest BCUT2D eigenvalue weighted by Gasteiger charge is -2.39. The van der Waals surface area contributed by atoms with E-state index in [0.29, 0.717) is 18.4 Å². The van der Waals surface area contributed by atoms with Crippen molar-refractivity contribution in [3.05, 3.63) is 0 Å². The number of piperidine rings is 1. The van der Waals surface area contributed by atoms with E-state index in [1.165, 1.54) is 6.42 Å². The van der Waals surface area contributed by atoms with Gasteiger partial charge in [0, 0.05) is 19.6 Å². The Morgan fingerprint density at radius 2 is 1.80 bits per heavy atom. The molecule has 2 unspecified atom stereocenters. The van der Waals surface area contributed by atoms with Gasteiger partial charge in [0.25, 0.3) is 0 Å². The van der Waals surface area contributed by atoms with Crippen LogP contribution in [0.3, 0.4) is 0 Å². The summed E-state index contributed by atoms with van der Waals surface area (Å²) in [6.07, 6.45) is 1.23. The summed E-state index contributed by atoms with van der Waals surface area (Å²) in [7, 11) is 0. The van der Waals surface area contributed by atoms with Gasteiger partial charge >= 0.3 is 0 Å². The predicted molar refractivity (Wildman–Crippen MR) is 62.4 cm³/mol. The van der Waals surface area contributed by atoms with Crippen molar-refractivity contribution in [1.29, 1.82) is 0 Å². The maximum absolute atomic E-state index is 12.2. The molecule has 1 saturated heterocycles. The van der Waals surface area contributed by atoms with Crippen LogP contribution in [-0.4, -0.2) is 30.4 Å². The molecule has 1 fully saturated rings. The van der Waals surface area contributed by atoms with E-state index in [4.69, 9.17) is 5.73 Å². The first kappa shape index (κ1) is 12.5. The summed E-state index contributed by atoms with van der Waals surface area (Å²) < 4.78 is 0. The highest BCUT2D eigenvalue weighted by Gasteiger charge is 2.34. The zero-order valence-corrected chi connectivity index (χ0v) is 10.4. The first-order chi connectivity index (χ1) is 6.86. The van der Waals surface area contributed by atoms with Crippen molar-refractivity contribution in [1.82, 2.24) is 4.90 Å². The smallest absolute Gasteiger partial charge is 0.229 e. The fourth-order valence-corrected chi connectivity index (χ4v) is 2.34. The van der Waals surface area contributed by atoms with Crippen LogP contribution >= 0.6 is 0 Å². The molecule has 0 radical (unpaired) electrons. The Labute approximate surface area is 93.0 Å². The maximum atomic E-state index is 12.2. The highest BCUT2D eigenvalue weighted by atomic mass is 16.2. The van der Waals surface area contributed by atoms with E-state index in [1.807, 2.05) is 18.7 Å². The molecule has 2 atom stereocenters. The largest absolute Gasteiger partial charge is 0.342 e. The average Bonchev–Trinajstić information content (AvgIpc) is 2.15. The molecule has 15 heavy (non-hydrogen) atoms. The van der Waals surface area contributed by atoms with Crippen LogP contribution in [0.1, 0.15) is 34.1 Å². The Morgan fingerprint density at radius 3 is 2.20 bits per heavy atom. The first-order valence-electron chi connectivity index (χ1n) is 5.86. The van der Waals surface area contributed by atoms with Crippen LogP contribution < -0.4 is 5.73 Å². The summed E-state index contributed by atoms with van der Waals surface area (Å²) in [4.78, 5) is 14.2. The number of nitrogens with zero attached hydrogens (tertiary/aromatic N) is 1. The summed E-state index contributed by atoms with van der Waals surface area (Å²) in [5.41, 5.74) is 5.23. The number of rotatable bonds is 2. The van der Waals surface area contributed by atoms with Gasteiger partial charge in [-0.25, -0.2) is 0 Å². The molecule has 3 nitrogen and oxygen atoms in total. The van der Waals surface area contributed by atoms with E-state index in [9.17, 15) is 4.79 Å². The van der Waals surface area contributed by atoms with E-state index < -0.39 is 5.41 Å². The minimum absolute atomic E-state index is 0.211. The van der Waals surface area contributed by atoms with Gasteiger partial charge in [-0.1, -0.05) is 13.8 Å². The molecule has 1 aliphatic rings. The number of hydrogen-bond donors (Lipinski definition) is 1. The fraction of sp³-hybridized carbons (Fsp3) is 0.917. The summed E-state index contributed by atoms with van der Waals surface area (Å²) in [6.45, 7) is 10.5. The molecule has 0 aromatic carbocycles. The molecule has 3 heteroatoms. The molecule has 0 bridgehead atoms. The Hall–Kier alpha value is -0.570. The van der Waals surface area contributed by atoms with Gasteiger partial charge in [-0.2, -0.15) is 0 Å². The minimum atomic E-state index is -0.406. The van der Waals surface area contributed by atoms with E-state index in [-0.39, 0.29) is 5.91 Å². The molecule has 2 N–H and O–H groups in total. The highest BCUT2D eigenvalue weighted by Crippen LogP contribution is 2.25. The van der Waals surface area contributed by atoms with Crippen LogP contribution in [0.4, 0.5) is 0 Å². The quantitative estimate of drug-likeness (QED) is 0.753. The zero-order chi connectivity index (χ0) is 11.6. The maximum Gasteiger partial charge on any atom is 0.229 e. The molecule has 0 aromatic heterocycles. The van der Waals surface area contributed by atoms with Crippen molar-refractivity contribution in [2.45, 2.75) is 34.1 Å². The molecule has 0 spiro atoms. The standard InChI is InChI=1S/C12H24N2O/c1-9-5-10(2)7-14(6-9)11(15)12(3,4)8-13/h9-10H,5-8,13H2,1-4H3. The van der Waals surface area contributed by atoms with E-state index in [0.717, 1.165) is 13.1 Å². The van der Waals surface area contributed by atoms with Crippen LogP contribution in [0.25, 0.3) is 0 Å². The SMILES string of the molecule is CC1CC(C)CN(C(=O)C(C)(C)CN)C1. The van der Waals surface area contributed by atoms with Crippen LogP contribution in [0.2, 0.25) is 0 Å². The first-order valence-corrected chi connectivity index (χ1v) is 5.86. The van der Waals surface area contributed by atoms with Crippen molar-refractivity contribution in [3.63, 3.8) is 0 Å². The minimum Gasteiger partial charge on any atom is -0.342 e. The number of hydrogen-bond acceptors (Lipinski definition) is 2. The summed E-state index contributed by atoms with van der Waals surface area (Å²) in [5.74, 6) is 1.45. The Bertz CT molecular complexity index is 228. The van der Waals surface area contributed by atoms with Crippen molar-refractivity contribution < 1.29 is 4.79 Å². The lowest BCUT2D eigenvalue weighted by molar-refractivity contribution is -0.142. The van der Waals surface area contributed by atoms with Gasteiger partial charge in [-0.3, -0.25) is 4.79 Å². The molecular weight excluding hydrogens is 188 g/mol. The number of nitrogens with two attached hydrogens (primary N) is 1. The van der Waals surface area contributed by atoms with Gasteiger partial charge in [-0.15, -0.1) is 0 Å². The Kier molecular flexibility index (Phi) is 3.77. The van der Waals surface area contributed by atoms with Gasteiger partial charge in [0.2, 0.25) is 5.91 Å². The molecule has 0 aliphatic carbocycles. The lowest BCUT2D eigenvalue weighted by Crippen LogP contribution is -2.50. The number of carbonyl (C=O) groups excluding carboxylic acids is 1. The topological polar surface area (TPSA) is 46.3 Å². The third-order valence-electron chi connectivity index (χ3n) is 3.25. The van der Waals surface area contributed by atoms with Crippen LogP contribution in [-0.2, 0) is 4.79 Å². The number of carbonyl (C=O) groups is 1. The monoisotopic (exact) mass is 212 g/mol. The van der Waals surface area contributed by atoms with E-state index in [2.05, 4.69) is 13.8 Å². The molecule has 0 saturated carbocycles. The third-order valence-corrected chi connectivity index (χ3v) is 3.25. The lowest BCUT2D eigenvalue weighted by atomic mass is 9.87. The average molecular weight is 212 g/mol. The van der Waals surface area contributed by atoms with Crippen molar-refractivity contribution in [2.24, 2.45) is 23.0 Å². The molecule has 1 heterocycles.